The van der Waals surface area contributed by atoms with Crippen LogP contribution in [0.2, 0.25) is 0 Å². The lowest BCUT2D eigenvalue weighted by Crippen LogP contribution is -2.18. The van der Waals surface area contributed by atoms with Crippen molar-refractivity contribution >= 4 is 39.9 Å². The van der Waals surface area contributed by atoms with Gasteiger partial charge in [0.25, 0.3) is 15.9 Å². The second-order valence-electron chi connectivity index (χ2n) is 7.93. The van der Waals surface area contributed by atoms with Gasteiger partial charge in [-0.3, -0.25) is 9.52 Å². The van der Waals surface area contributed by atoms with E-state index < -0.39 is 21.9 Å². The zero-order valence-electron chi connectivity index (χ0n) is 20.0. The zero-order chi connectivity index (χ0) is 26.8. The maximum atomic E-state index is 12.4. The highest BCUT2D eigenvalue weighted by molar-refractivity contribution is 7.92. The standard InChI is InChI=1S/C29H23N3O5S/c33-28(20-13-22-7-3-1-4-8-22)37-26-18-11-23(12-19-26)21-30-31-29(34)24-14-16-25(17-15-24)32-38(35,36)27-9-5-2-6-10-27/h1-21,32H,(H,31,34)/b20-13+,30-21-. The first-order valence-corrected chi connectivity index (χ1v) is 12.9. The van der Waals surface area contributed by atoms with Crippen LogP contribution in [0.1, 0.15) is 21.5 Å². The molecule has 0 atom stereocenters. The molecule has 0 heterocycles. The summed E-state index contributed by atoms with van der Waals surface area (Å²) in [6.07, 6.45) is 4.47. The number of ether oxygens (including phenoxy) is 1. The summed E-state index contributed by atoms with van der Waals surface area (Å²) in [7, 11) is -3.72. The fourth-order valence-electron chi connectivity index (χ4n) is 3.23. The summed E-state index contributed by atoms with van der Waals surface area (Å²) in [6, 6.07) is 30.0. The molecule has 0 bridgehead atoms. The Kier molecular flexibility index (Phi) is 8.42. The SMILES string of the molecule is O=C(/C=C/c1ccccc1)Oc1ccc(/C=N\NC(=O)c2ccc(NS(=O)(=O)c3ccccc3)cc2)cc1. The molecule has 0 saturated heterocycles. The van der Waals surface area contributed by atoms with Crippen LogP contribution < -0.4 is 14.9 Å². The Morgan fingerprint density at radius 1 is 0.737 bits per heavy atom. The van der Waals surface area contributed by atoms with Gasteiger partial charge in [-0.2, -0.15) is 5.10 Å². The average Bonchev–Trinajstić information content (AvgIpc) is 2.94. The second kappa shape index (κ2) is 12.3. The van der Waals surface area contributed by atoms with Crippen molar-refractivity contribution in [1.82, 2.24) is 5.43 Å². The molecule has 190 valence electrons. The van der Waals surface area contributed by atoms with Crippen LogP contribution in [-0.4, -0.2) is 26.5 Å². The Labute approximate surface area is 220 Å². The molecule has 0 unspecified atom stereocenters. The monoisotopic (exact) mass is 525 g/mol. The molecule has 8 nitrogen and oxygen atoms in total. The fourth-order valence-corrected chi connectivity index (χ4v) is 4.31. The summed E-state index contributed by atoms with van der Waals surface area (Å²) in [5, 5.41) is 3.94. The lowest BCUT2D eigenvalue weighted by molar-refractivity contribution is -0.128. The molecule has 0 aliphatic heterocycles. The van der Waals surface area contributed by atoms with Crippen molar-refractivity contribution in [2.24, 2.45) is 5.10 Å². The van der Waals surface area contributed by atoms with Crippen LogP contribution >= 0.6 is 0 Å². The molecular formula is C29H23N3O5S. The number of anilines is 1. The molecule has 0 spiro atoms. The molecule has 2 N–H and O–H groups in total. The van der Waals surface area contributed by atoms with Crippen LogP contribution in [0.4, 0.5) is 5.69 Å². The molecule has 38 heavy (non-hydrogen) atoms. The Hall–Kier alpha value is -5.02. The molecular weight excluding hydrogens is 502 g/mol. The van der Waals surface area contributed by atoms with Gasteiger partial charge >= 0.3 is 5.97 Å². The second-order valence-corrected chi connectivity index (χ2v) is 9.61. The van der Waals surface area contributed by atoms with E-state index in [0.29, 0.717) is 22.6 Å². The van der Waals surface area contributed by atoms with Crippen LogP contribution in [0, 0.1) is 0 Å². The van der Waals surface area contributed by atoms with E-state index in [1.165, 1.54) is 48.7 Å². The van der Waals surface area contributed by atoms with Gasteiger partial charge in [-0.15, -0.1) is 0 Å². The van der Waals surface area contributed by atoms with E-state index in [-0.39, 0.29) is 4.90 Å². The van der Waals surface area contributed by atoms with Gasteiger partial charge in [0, 0.05) is 17.3 Å². The number of amides is 1. The number of nitrogens with zero attached hydrogens (tertiary/aromatic N) is 1. The summed E-state index contributed by atoms with van der Waals surface area (Å²) in [6.45, 7) is 0. The number of rotatable bonds is 9. The number of hydrazone groups is 1. The summed E-state index contributed by atoms with van der Waals surface area (Å²) in [5.41, 5.74) is 4.61. The number of hydrogen-bond donors (Lipinski definition) is 2. The van der Waals surface area contributed by atoms with E-state index in [9.17, 15) is 18.0 Å². The quantitative estimate of drug-likeness (QED) is 0.106. The third-order valence-electron chi connectivity index (χ3n) is 5.14. The Bertz CT molecular complexity index is 1550. The smallest absolute Gasteiger partial charge is 0.336 e. The van der Waals surface area contributed by atoms with Crippen molar-refractivity contribution in [1.29, 1.82) is 0 Å². The largest absolute Gasteiger partial charge is 0.423 e. The summed E-state index contributed by atoms with van der Waals surface area (Å²) in [5.74, 6) is -0.590. The van der Waals surface area contributed by atoms with E-state index in [2.05, 4.69) is 15.2 Å². The van der Waals surface area contributed by atoms with Crippen molar-refractivity contribution in [3.05, 3.63) is 132 Å². The minimum atomic E-state index is -3.72. The molecule has 0 fully saturated rings. The van der Waals surface area contributed by atoms with E-state index in [1.54, 1.807) is 48.5 Å². The van der Waals surface area contributed by atoms with E-state index in [0.717, 1.165) is 5.56 Å². The highest BCUT2D eigenvalue weighted by atomic mass is 32.2. The van der Waals surface area contributed by atoms with Gasteiger partial charge in [-0.25, -0.2) is 18.6 Å². The maximum absolute atomic E-state index is 12.4. The Morgan fingerprint density at radius 3 is 2.03 bits per heavy atom. The number of hydrogen-bond acceptors (Lipinski definition) is 6. The van der Waals surface area contributed by atoms with Crippen LogP contribution in [-0.2, 0) is 14.8 Å². The maximum Gasteiger partial charge on any atom is 0.336 e. The first kappa shape index (κ1) is 26.1. The van der Waals surface area contributed by atoms with Gasteiger partial charge < -0.3 is 4.74 Å². The number of carbonyl (C=O) groups excluding carboxylic acids is 2. The van der Waals surface area contributed by atoms with E-state index in [1.807, 2.05) is 30.3 Å². The third-order valence-corrected chi connectivity index (χ3v) is 6.54. The number of benzene rings is 4. The first-order chi connectivity index (χ1) is 18.4. The van der Waals surface area contributed by atoms with Crippen LogP contribution in [0.15, 0.2) is 125 Å². The molecule has 4 rings (SSSR count). The normalized spacial score (nSPS) is 11.4. The fraction of sp³-hybridized carbons (Fsp3) is 0. The van der Waals surface area contributed by atoms with Crippen molar-refractivity contribution in [2.45, 2.75) is 4.90 Å². The highest BCUT2D eigenvalue weighted by Crippen LogP contribution is 2.17. The number of nitrogens with one attached hydrogen (secondary N) is 2. The average molecular weight is 526 g/mol. The van der Waals surface area contributed by atoms with Gasteiger partial charge in [-0.1, -0.05) is 48.5 Å². The number of esters is 1. The number of sulfonamides is 1. The predicted octanol–water partition coefficient (Wildman–Crippen LogP) is 4.87. The minimum absolute atomic E-state index is 0.141. The Balaban J connectivity index is 1.27. The summed E-state index contributed by atoms with van der Waals surface area (Å²) >= 11 is 0. The van der Waals surface area contributed by atoms with Gasteiger partial charge in [0.2, 0.25) is 0 Å². The molecule has 0 saturated carbocycles. The summed E-state index contributed by atoms with van der Waals surface area (Å²) < 4.78 is 32.6. The number of carbonyl (C=O) groups is 2. The molecule has 4 aromatic carbocycles. The van der Waals surface area contributed by atoms with Crippen LogP contribution in [0.25, 0.3) is 6.08 Å². The molecule has 1 amide bonds. The van der Waals surface area contributed by atoms with Crippen molar-refractivity contribution in [3.63, 3.8) is 0 Å². The highest BCUT2D eigenvalue weighted by Gasteiger charge is 2.13. The summed E-state index contributed by atoms with van der Waals surface area (Å²) in [4.78, 5) is 24.5. The predicted molar refractivity (Wildman–Crippen MR) is 146 cm³/mol. The van der Waals surface area contributed by atoms with Gasteiger partial charge in [-0.05, 0) is 77.9 Å². The lowest BCUT2D eigenvalue weighted by Gasteiger charge is -2.08. The molecule has 9 heteroatoms. The lowest BCUT2D eigenvalue weighted by atomic mass is 10.2. The van der Waals surface area contributed by atoms with Gasteiger partial charge in [0.1, 0.15) is 5.75 Å². The first-order valence-electron chi connectivity index (χ1n) is 11.5. The molecule has 0 radical (unpaired) electrons. The van der Waals surface area contributed by atoms with Crippen molar-refractivity contribution < 1.29 is 22.7 Å². The van der Waals surface area contributed by atoms with Crippen LogP contribution in [0.5, 0.6) is 5.75 Å². The van der Waals surface area contributed by atoms with Gasteiger partial charge in [0.15, 0.2) is 0 Å². The zero-order valence-corrected chi connectivity index (χ0v) is 20.8. The minimum Gasteiger partial charge on any atom is -0.423 e. The Morgan fingerprint density at radius 2 is 1.37 bits per heavy atom. The third kappa shape index (κ3) is 7.49. The van der Waals surface area contributed by atoms with E-state index in [4.69, 9.17) is 4.74 Å². The van der Waals surface area contributed by atoms with Crippen LogP contribution in [0.3, 0.4) is 0 Å². The van der Waals surface area contributed by atoms with Crippen molar-refractivity contribution in [3.8, 4) is 5.75 Å². The molecule has 0 aliphatic rings. The molecule has 0 aliphatic carbocycles. The molecule has 4 aromatic rings. The topological polar surface area (TPSA) is 114 Å². The van der Waals surface area contributed by atoms with Crippen molar-refractivity contribution in [2.75, 3.05) is 4.72 Å². The van der Waals surface area contributed by atoms with Gasteiger partial charge in [0.05, 0.1) is 11.1 Å². The molecule has 0 aromatic heterocycles. The van der Waals surface area contributed by atoms with E-state index >= 15 is 0 Å².